The Kier molecular flexibility index (Phi) is 4.53. The standard InChI is InChI=1S/C20H23N3O2S/c1-12-7-8-15(9-13(12)2)23-11-14(10-18(23)24)19(25)22-20-21-16-5-3-4-6-17(16)26-20/h7-9,14H,3-6,10-11H2,1-2H3,(H,21,22,25). The van der Waals surface area contributed by atoms with Crippen molar-refractivity contribution in [3.05, 3.63) is 39.9 Å². The van der Waals surface area contributed by atoms with Crippen LogP contribution in [0.15, 0.2) is 18.2 Å². The van der Waals surface area contributed by atoms with Gasteiger partial charge in [-0.2, -0.15) is 0 Å². The number of fused-ring (bicyclic) bond motifs is 1. The van der Waals surface area contributed by atoms with Gasteiger partial charge in [-0.3, -0.25) is 9.59 Å². The summed E-state index contributed by atoms with van der Waals surface area (Å²) in [5.41, 5.74) is 4.35. The Morgan fingerprint density at radius 2 is 2.04 bits per heavy atom. The van der Waals surface area contributed by atoms with E-state index < -0.39 is 0 Å². The first-order valence-corrected chi connectivity index (χ1v) is 10.00. The summed E-state index contributed by atoms with van der Waals surface area (Å²) in [5.74, 6) is -0.423. The molecule has 1 aromatic carbocycles. The molecule has 2 heterocycles. The van der Waals surface area contributed by atoms with Gasteiger partial charge in [0, 0.05) is 23.5 Å². The highest BCUT2D eigenvalue weighted by atomic mass is 32.1. The van der Waals surface area contributed by atoms with Gasteiger partial charge in [-0.05, 0) is 62.8 Å². The fourth-order valence-electron chi connectivity index (χ4n) is 3.64. The Hall–Kier alpha value is -2.21. The highest BCUT2D eigenvalue weighted by Gasteiger charge is 2.35. The van der Waals surface area contributed by atoms with Crippen molar-refractivity contribution in [1.82, 2.24) is 4.98 Å². The second-order valence-electron chi connectivity index (χ2n) is 7.26. The zero-order valence-corrected chi connectivity index (χ0v) is 16.0. The molecule has 136 valence electrons. The molecule has 1 aliphatic heterocycles. The maximum absolute atomic E-state index is 12.6. The van der Waals surface area contributed by atoms with Gasteiger partial charge < -0.3 is 10.2 Å². The monoisotopic (exact) mass is 369 g/mol. The predicted molar refractivity (Wildman–Crippen MR) is 104 cm³/mol. The van der Waals surface area contributed by atoms with Crippen LogP contribution in [-0.4, -0.2) is 23.3 Å². The molecule has 1 aliphatic carbocycles. The molecule has 6 heteroatoms. The zero-order valence-electron chi connectivity index (χ0n) is 15.2. The highest BCUT2D eigenvalue weighted by Crippen LogP contribution is 2.31. The van der Waals surface area contributed by atoms with Crippen molar-refractivity contribution in [2.45, 2.75) is 46.0 Å². The van der Waals surface area contributed by atoms with Crippen LogP contribution < -0.4 is 10.2 Å². The van der Waals surface area contributed by atoms with Crippen LogP contribution in [0.4, 0.5) is 10.8 Å². The van der Waals surface area contributed by atoms with Crippen molar-refractivity contribution >= 4 is 34.0 Å². The fraction of sp³-hybridized carbons (Fsp3) is 0.450. The van der Waals surface area contributed by atoms with Gasteiger partial charge in [0.1, 0.15) is 0 Å². The molecule has 2 aliphatic rings. The van der Waals surface area contributed by atoms with E-state index in [2.05, 4.69) is 17.2 Å². The average molecular weight is 369 g/mol. The van der Waals surface area contributed by atoms with E-state index in [1.54, 1.807) is 16.2 Å². The van der Waals surface area contributed by atoms with Gasteiger partial charge in [-0.25, -0.2) is 4.98 Å². The number of anilines is 2. The zero-order chi connectivity index (χ0) is 18.3. The minimum Gasteiger partial charge on any atom is -0.312 e. The molecule has 0 radical (unpaired) electrons. The number of aromatic nitrogens is 1. The van der Waals surface area contributed by atoms with Gasteiger partial charge in [-0.15, -0.1) is 11.3 Å². The van der Waals surface area contributed by atoms with Crippen LogP contribution >= 0.6 is 11.3 Å². The van der Waals surface area contributed by atoms with E-state index in [9.17, 15) is 9.59 Å². The summed E-state index contributed by atoms with van der Waals surface area (Å²) in [5, 5.41) is 3.62. The number of nitrogens with zero attached hydrogens (tertiary/aromatic N) is 2. The maximum Gasteiger partial charge on any atom is 0.231 e. The van der Waals surface area contributed by atoms with Crippen LogP contribution in [0.1, 0.15) is 41.0 Å². The third kappa shape index (κ3) is 3.26. The molecule has 1 aromatic heterocycles. The van der Waals surface area contributed by atoms with Crippen molar-refractivity contribution in [3.8, 4) is 0 Å². The molecule has 2 aromatic rings. The minimum absolute atomic E-state index is 0.00633. The molecule has 5 nitrogen and oxygen atoms in total. The van der Waals surface area contributed by atoms with Gasteiger partial charge in [0.15, 0.2) is 5.13 Å². The number of carbonyl (C=O) groups is 2. The molecule has 0 spiro atoms. The maximum atomic E-state index is 12.6. The molecule has 0 saturated carbocycles. The number of thiazole rings is 1. The van der Waals surface area contributed by atoms with E-state index in [0.29, 0.717) is 11.7 Å². The Labute approximate surface area is 157 Å². The van der Waals surface area contributed by atoms with Gasteiger partial charge in [-0.1, -0.05) is 6.07 Å². The molecule has 4 rings (SSSR count). The second-order valence-corrected chi connectivity index (χ2v) is 8.34. The lowest BCUT2D eigenvalue weighted by Crippen LogP contribution is -2.28. The normalized spacial score (nSPS) is 19.5. The quantitative estimate of drug-likeness (QED) is 0.899. The van der Waals surface area contributed by atoms with Crippen molar-refractivity contribution in [3.63, 3.8) is 0 Å². The summed E-state index contributed by atoms with van der Waals surface area (Å²) >= 11 is 1.58. The number of amides is 2. The second kappa shape index (κ2) is 6.83. The summed E-state index contributed by atoms with van der Waals surface area (Å²) in [6.45, 7) is 4.51. The lowest BCUT2D eigenvalue weighted by molar-refractivity contribution is -0.122. The Balaban J connectivity index is 1.45. The van der Waals surface area contributed by atoms with Crippen molar-refractivity contribution < 1.29 is 9.59 Å². The fourth-order valence-corrected chi connectivity index (χ4v) is 4.69. The number of carbonyl (C=O) groups excluding carboxylic acids is 2. The van der Waals surface area contributed by atoms with Crippen LogP contribution in [0, 0.1) is 19.8 Å². The summed E-state index contributed by atoms with van der Waals surface area (Å²) in [6.07, 6.45) is 4.69. The Bertz CT molecular complexity index is 850. The number of benzene rings is 1. The van der Waals surface area contributed by atoms with Crippen LogP contribution in [0.5, 0.6) is 0 Å². The third-order valence-corrected chi connectivity index (χ3v) is 6.45. The predicted octanol–water partition coefficient (Wildman–Crippen LogP) is 3.63. The number of nitrogens with one attached hydrogen (secondary N) is 1. The average Bonchev–Trinajstić information content (AvgIpc) is 3.20. The number of hydrogen-bond acceptors (Lipinski definition) is 4. The molecule has 1 unspecified atom stereocenters. The summed E-state index contributed by atoms with van der Waals surface area (Å²) in [4.78, 5) is 32.7. The number of aryl methyl sites for hydroxylation is 4. The van der Waals surface area contributed by atoms with Crippen molar-refractivity contribution in [2.75, 3.05) is 16.8 Å². The lowest BCUT2D eigenvalue weighted by atomic mass is 10.0. The molecule has 1 N–H and O–H groups in total. The van der Waals surface area contributed by atoms with Crippen LogP contribution in [0.3, 0.4) is 0 Å². The highest BCUT2D eigenvalue weighted by molar-refractivity contribution is 7.15. The molecular formula is C20H23N3O2S. The van der Waals surface area contributed by atoms with Crippen molar-refractivity contribution in [1.29, 1.82) is 0 Å². The van der Waals surface area contributed by atoms with E-state index in [1.807, 2.05) is 25.1 Å². The molecule has 2 amide bonds. The van der Waals surface area contributed by atoms with E-state index in [0.717, 1.165) is 29.8 Å². The van der Waals surface area contributed by atoms with E-state index >= 15 is 0 Å². The first-order valence-electron chi connectivity index (χ1n) is 9.18. The molecule has 1 atom stereocenters. The smallest absolute Gasteiger partial charge is 0.231 e. The first kappa shape index (κ1) is 17.2. The number of rotatable bonds is 3. The summed E-state index contributed by atoms with van der Waals surface area (Å²) in [6, 6.07) is 5.99. The molecule has 1 fully saturated rings. The first-order chi connectivity index (χ1) is 12.5. The summed E-state index contributed by atoms with van der Waals surface area (Å²) in [7, 11) is 0. The molecule has 1 saturated heterocycles. The van der Waals surface area contributed by atoms with E-state index in [4.69, 9.17) is 0 Å². The molecule has 0 bridgehead atoms. The van der Waals surface area contributed by atoms with Crippen LogP contribution in [0.25, 0.3) is 0 Å². The Morgan fingerprint density at radius 3 is 2.81 bits per heavy atom. The lowest BCUT2D eigenvalue weighted by Gasteiger charge is -2.17. The minimum atomic E-state index is -0.329. The van der Waals surface area contributed by atoms with Gasteiger partial charge in [0.2, 0.25) is 11.8 Å². The van der Waals surface area contributed by atoms with Gasteiger partial charge >= 0.3 is 0 Å². The SMILES string of the molecule is Cc1ccc(N2CC(C(=O)Nc3nc4c(s3)CCCC4)CC2=O)cc1C. The topological polar surface area (TPSA) is 62.3 Å². The third-order valence-electron chi connectivity index (χ3n) is 5.37. The van der Waals surface area contributed by atoms with E-state index in [1.165, 1.54) is 23.3 Å². The number of hydrogen-bond donors (Lipinski definition) is 1. The van der Waals surface area contributed by atoms with Gasteiger partial charge in [0.05, 0.1) is 11.6 Å². The largest absolute Gasteiger partial charge is 0.312 e. The van der Waals surface area contributed by atoms with Crippen LogP contribution in [0.2, 0.25) is 0 Å². The van der Waals surface area contributed by atoms with E-state index in [-0.39, 0.29) is 24.2 Å². The van der Waals surface area contributed by atoms with Crippen LogP contribution in [-0.2, 0) is 22.4 Å². The molecular weight excluding hydrogens is 346 g/mol. The summed E-state index contributed by atoms with van der Waals surface area (Å²) < 4.78 is 0. The molecule has 26 heavy (non-hydrogen) atoms. The Morgan fingerprint density at radius 1 is 1.23 bits per heavy atom. The van der Waals surface area contributed by atoms with Gasteiger partial charge in [0.25, 0.3) is 0 Å². The van der Waals surface area contributed by atoms with Crippen molar-refractivity contribution in [2.24, 2.45) is 5.92 Å².